The highest BCUT2D eigenvalue weighted by Gasteiger charge is 2.00. The SMILES string of the molecule is CC/C1=C\CC/C=C(\O)CC1. The molecule has 0 saturated carbocycles. The molecular weight excluding hydrogens is 136 g/mol. The van der Waals surface area contributed by atoms with Crippen molar-refractivity contribution >= 4 is 0 Å². The lowest BCUT2D eigenvalue weighted by atomic mass is 10.0. The molecule has 0 heterocycles. The zero-order valence-electron chi connectivity index (χ0n) is 7.14. The lowest BCUT2D eigenvalue weighted by molar-refractivity contribution is 0.383. The Kier molecular flexibility index (Phi) is 3.21. The van der Waals surface area contributed by atoms with Gasteiger partial charge in [0.05, 0.1) is 5.76 Å². The van der Waals surface area contributed by atoms with Gasteiger partial charge in [0.25, 0.3) is 0 Å². The molecule has 0 aromatic heterocycles. The molecule has 0 radical (unpaired) electrons. The molecule has 0 aliphatic heterocycles. The molecule has 0 amide bonds. The molecule has 1 rings (SSSR count). The highest BCUT2D eigenvalue weighted by Crippen LogP contribution is 2.17. The van der Waals surface area contributed by atoms with Gasteiger partial charge in [0.15, 0.2) is 0 Å². The van der Waals surface area contributed by atoms with Crippen LogP contribution in [0.15, 0.2) is 23.5 Å². The van der Waals surface area contributed by atoms with E-state index in [0.29, 0.717) is 5.76 Å². The van der Waals surface area contributed by atoms with Crippen LogP contribution in [-0.4, -0.2) is 5.11 Å². The molecular formula is C10H16O. The standard InChI is InChI=1S/C10H16O/c1-2-9-5-3-4-6-10(11)8-7-9/h5-6,11H,2-4,7-8H2,1H3/b9-5+,10-6-. The van der Waals surface area contributed by atoms with Crippen LogP contribution in [0.4, 0.5) is 0 Å². The lowest BCUT2D eigenvalue weighted by Crippen LogP contribution is -1.90. The first kappa shape index (κ1) is 8.38. The van der Waals surface area contributed by atoms with E-state index in [2.05, 4.69) is 13.0 Å². The molecule has 1 aliphatic carbocycles. The maximum atomic E-state index is 9.26. The molecule has 62 valence electrons. The molecule has 0 fully saturated rings. The van der Waals surface area contributed by atoms with E-state index in [1.54, 1.807) is 0 Å². The Labute approximate surface area is 68.4 Å². The van der Waals surface area contributed by atoms with Gasteiger partial charge in [-0.3, -0.25) is 0 Å². The van der Waals surface area contributed by atoms with Crippen LogP contribution in [0.5, 0.6) is 0 Å². The Hall–Kier alpha value is -0.720. The van der Waals surface area contributed by atoms with Gasteiger partial charge in [-0.2, -0.15) is 0 Å². The van der Waals surface area contributed by atoms with Crippen LogP contribution in [0.3, 0.4) is 0 Å². The summed E-state index contributed by atoms with van der Waals surface area (Å²) in [6.45, 7) is 2.17. The predicted molar refractivity (Wildman–Crippen MR) is 47.6 cm³/mol. The van der Waals surface area contributed by atoms with Gasteiger partial charge >= 0.3 is 0 Å². The van der Waals surface area contributed by atoms with Gasteiger partial charge in [-0.25, -0.2) is 0 Å². The second-order valence-corrected chi connectivity index (χ2v) is 2.99. The number of allylic oxidation sites excluding steroid dienone is 4. The van der Waals surface area contributed by atoms with Gasteiger partial charge in [-0.1, -0.05) is 18.6 Å². The minimum absolute atomic E-state index is 0.573. The van der Waals surface area contributed by atoms with E-state index in [4.69, 9.17) is 0 Å². The molecule has 0 saturated heterocycles. The Morgan fingerprint density at radius 1 is 1.27 bits per heavy atom. The van der Waals surface area contributed by atoms with Crippen molar-refractivity contribution in [2.75, 3.05) is 0 Å². The Morgan fingerprint density at radius 3 is 2.73 bits per heavy atom. The smallest absolute Gasteiger partial charge is 0.0886 e. The van der Waals surface area contributed by atoms with E-state index in [1.807, 2.05) is 6.08 Å². The van der Waals surface area contributed by atoms with Gasteiger partial charge in [-0.15, -0.1) is 0 Å². The van der Waals surface area contributed by atoms with E-state index in [9.17, 15) is 5.11 Å². The normalized spacial score (nSPS) is 29.2. The molecule has 1 N–H and O–H groups in total. The van der Waals surface area contributed by atoms with E-state index < -0.39 is 0 Å². The van der Waals surface area contributed by atoms with Crippen molar-refractivity contribution < 1.29 is 5.11 Å². The van der Waals surface area contributed by atoms with Crippen LogP contribution in [0, 0.1) is 0 Å². The average molecular weight is 152 g/mol. The number of hydrogen-bond donors (Lipinski definition) is 1. The second-order valence-electron chi connectivity index (χ2n) is 2.99. The average Bonchev–Trinajstić information content (AvgIpc) is 1.98. The molecule has 0 bridgehead atoms. The molecule has 0 spiro atoms. The zero-order valence-corrected chi connectivity index (χ0v) is 7.14. The Balaban J connectivity index is 2.49. The molecule has 0 unspecified atom stereocenters. The minimum Gasteiger partial charge on any atom is -0.513 e. The second kappa shape index (κ2) is 4.22. The van der Waals surface area contributed by atoms with Crippen molar-refractivity contribution in [1.82, 2.24) is 0 Å². The van der Waals surface area contributed by atoms with Gasteiger partial charge in [-0.05, 0) is 31.8 Å². The maximum Gasteiger partial charge on any atom is 0.0886 e. The van der Waals surface area contributed by atoms with E-state index in [-0.39, 0.29) is 0 Å². The maximum absolute atomic E-state index is 9.26. The lowest BCUT2D eigenvalue weighted by Gasteiger charge is -2.07. The summed E-state index contributed by atoms with van der Waals surface area (Å²) < 4.78 is 0. The summed E-state index contributed by atoms with van der Waals surface area (Å²) in [5, 5.41) is 9.26. The third kappa shape index (κ3) is 2.79. The summed E-state index contributed by atoms with van der Waals surface area (Å²) in [7, 11) is 0. The molecule has 1 nitrogen and oxygen atoms in total. The first-order valence-corrected chi connectivity index (χ1v) is 4.39. The van der Waals surface area contributed by atoms with Gasteiger partial charge in [0.1, 0.15) is 0 Å². The molecule has 0 aromatic carbocycles. The molecule has 1 aliphatic rings. The van der Waals surface area contributed by atoms with E-state index in [0.717, 1.165) is 32.1 Å². The first-order chi connectivity index (χ1) is 5.33. The van der Waals surface area contributed by atoms with Gasteiger partial charge < -0.3 is 5.11 Å². The summed E-state index contributed by atoms with van der Waals surface area (Å²) in [5.41, 5.74) is 1.49. The fraction of sp³-hybridized carbons (Fsp3) is 0.600. The van der Waals surface area contributed by atoms with Crippen molar-refractivity contribution in [3.8, 4) is 0 Å². The van der Waals surface area contributed by atoms with Crippen molar-refractivity contribution in [3.05, 3.63) is 23.5 Å². The highest BCUT2D eigenvalue weighted by atomic mass is 16.3. The molecule has 11 heavy (non-hydrogen) atoms. The van der Waals surface area contributed by atoms with E-state index >= 15 is 0 Å². The third-order valence-electron chi connectivity index (χ3n) is 2.14. The largest absolute Gasteiger partial charge is 0.513 e. The summed E-state index contributed by atoms with van der Waals surface area (Å²) in [5.74, 6) is 0.573. The summed E-state index contributed by atoms with van der Waals surface area (Å²) in [4.78, 5) is 0. The van der Waals surface area contributed by atoms with Crippen LogP contribution in [0.25, 0.3) is 0 Å². The Bertz CT molecular complexity index is 177. The number of aliphatic hydroxyl groups excluding tert-OH is 1. The topological polar surface area (TPSA) is 20.2 Å². The molecule has 0 aromatic rings. The molecule has 0 atom stereocenters. The summed E-state index contributed by atoms with van der Waals surface area (Å²) >= 11 is 0. The van der Waals surface area contributed by atoms with E-state index in [1.165, 1.54) is 5.57 Å². The number of rotatable bonds is 1. The third-order valence-corrected chi connectivity index (χ3v) is 2.14. The van der Waals surface area contributed by atoms with Gasteiger partial charge in [0.2, 0.25) is 0 Å². The summed E-state index contributed by atoms with van der Waals surface area (Å²) in [6, 6.07) is 0. The minimum atomic E-state index is 0.573. The predicted octanol–water partition coefficient (Wildman–Crippen LogP) is 3.34. The van der Waals surface area contributed by atoms with Crippen LogP contribution in [-0.2, 0) is 0 Å². The van der Waals surface area contributed by atoms with Crippen LogP contribution >= 0.6 is 0 Å². The number of aliphatic hydroxyl groups is 1. The van der Waals surface area contributed by atoms with Crippen molar-refractivity contribution in [1.29, 1.82) is 0 Å². The number of hydrogen-bond acceptors (Lipinski definition) is 1. The monoisotopic (exact) mass is 152 g/mol. The van der Waals surface area contributed by atoms with Crippen LogP contribution < -0.4 is 0 Å². The summed E-state index contributed by atoms with van der Waals surface area (Å²) in [6.07, 6.45) is 9.33. The Morgan fingerprint density at radius 2 is 2.00 bits per heavy atom. The van der Waals surface area contributed by atoms with Crippen molar-refractivity contribution in [2.24, 2.45) is 0 Å². The van der Waals surface area contributed by atoms with Crippen molar-refractivity contribution in [3.63, 3.8) is 0 Å². The highest BCUT2D eigenvalue weighted by molar-refractivity contribution is 5.07. The van der Waals surface area contributed by atoms with Crippen LogP contribution in [0.2, 0.25) is 0 Å². The van der Waals surface area contributed by atoms with Gasteiger partial charge in [0, 0.05) is 6.42 Å². The molecule has 1 heteroatoms. The fourth-order valence-electron chi connectivity index (χ4n) is 1.35. The first-order valence-electron chi connectivity index (χ1n) is 4.39. The fourth-order valence-corrected chi connectivity index (χ4v) is 1.35. The zero-order chi connectivity index (χ0) is 8.10. The quantitative estimate of drug-likeness (QED) is 0.571. The van der Waals surface area contributed by atoms with Crippen molar-refractivity contribution in [2.45, 2.75) is 39.0 Å². The van der Waals surface area contributed by atoms with Crippen LogP contribution in [0.1, 0.15) is 39.0 Å².